The molecule has 0 aliphatic carbocycles. The van der Waals surface area contributed by atoms with Gasteiger partial charge in [0.25, 0.3) is 0 Å². The molecular weight excluding hydrogens is 311 g/mol. The summed E-state index contributed by atoms with van der Waals surface area (Å²) in [7, 11) is 0. The summed E-state index contributed by atoms with van der Waals surface area (Å²) in [6.07, 6.45) is 0.121. The van der Waals surface area contributed by atoms with Crippen LogP contribution in [-0.4, -0.2) is 10.8 Å². The zero-order chi connectivity index (χ0) is 17.1. The van der Waals surface area contributed by atoms with Crippen molar-refractivity contribution in [2.75, 3.05) is 5.32 Å². The molecule has 0 aliphatic rings. The molecule has 0 saturated carbocycles. The molecule has 24 heavy (non-hydrogen) atoms. The van der Waals surface area contributed by atoms with Gasteiger partial charge in [0.05, 0.1) is 11.3 Å². The zero-order valence-corrected chi connectivity index (χ0v) is 12.5. The Bertz CT molecular complexity index is 940. The molecule has 0 fully saturated rings. The van der Waals surface area contributed by atoms with E-state index in [0.29, 0.717) is 0 Å². The van der Waals surface area contributed by atoms with Crippen molar-refractivity contribution in [2.45, 2.75) is 6.42 Å². The number of nitrogens with zero attached hydrogens (tertiary/aromatic N) is 1. The molecule has 3 aromatic carbocycles. The summed E-state index contributed by atoms with van der Waals surface area (Å²) >= 11 is 0. The monoisotopic (exact) mass is 324 g/mol. The van der Waals surface area contributed by atoms with Crippen LogP contribution in [0.3, 0.4) is 0 Å². The van der Waals surface area contributed by atoms with Crippen LogP contribution < -0.4 is 5.32 Å². The molecule has 0 heterocycles. The lowest BCUT2D eigenvalue weighted by atomic mass is 10.0. The van der Waals surface area contributed by atoms with Gasteiger partial charge in [-0.3, -0.25) is 14.9 Å². The van der Waals surface area contributed by atoms with E-state index in [9.17, 15) is 19.3 Å². The van der Waals surface area contributed by atoms with Gasteiger partial charge in [-0.05, 0) is 28.5 Å². The summed E-state index contributed by atoms with van der Waals surface area (Å²) < 4.78 is 13.3. The van der Waals surface area contributed by atoms with E-state index >= 15 is 0 Å². The number of carbonyl (C=O) groups is 1. The number of hydrogen-bond acceptors (Lipinski definition) is 3. The predicted octanol–water partition coefficient (Wildman–Crippen LogP) is 4.07. The molecule has 0 saturated heterocycles. The van der Waals surface area contributed by atoms with Crippen molar-refractivity contribution in [3.63, 3.8) is 0 Å². The molecular formula is C18H13FN2O3. The minimum Gasteiger partial charge on any atom is -0.326 e. The number of halogens is 1. The predicted molar refractivity (Wildman–Crippen MR) is 89.3 cm³/mol. The number of anilines is 1. The molecule has 0 radical (unpaired) electrons. The van der Waals surface area contributed by atoms with Crippen LogP contribution in [0.4, 0.5) is 15.8 Å². The largest absolute Gasteiger partial charge is 0.326 e. The van der Waals surface area contributed by atoms with Gasteiger partial charge < -0.3 is 5.32 Å². The smallest absolute Gasteiger partial charge is 0.306 e. The first-order valence-electron chi connectivity index (χ1n) is 7.24. The van der Waals surface area contributed by atoms with Crippen LogP contribution in [0, 0.1) is 15.9 Å². The van der Waals surface area contributed by atoms with Crippen molar-refractivity contribution in [3.05, 3.63) is 82.2 Å². The second-order valence-corrected chi connectivity index (χ2v) is 5.33. The van der Waals surface area contributed by atoms with E-state index in [4.69, 9.17) is 0 Å². The maximum Gasteiger partial charge on any atom is 0.306 e. The highest BCUT2D eigenvalue weighted by Crippen LogP contribution is 2.22. The van der Waals surface area contributed by atoms with Crippen LogP contribution in [0.15, 0.2) is 60.7 Å². The van der Waals surface area contributed by atoms with Crippen molar-refractivity contribution in [1.29, 1.82) is 0 Å². The molecule has 0 unspecified atom stereocenters. The fourth-order valence-corrected chi connectivity index (χ4v) is 2.47. The third-order valence-corrected chi connectivity index (χ3v) is 3.61. The number of rotatable bonds is 4. The number of amides is 1. The molecule has 1 amide bonds. The zero-order valence-electron chi connectivity index (χ0n) is 12.5. The molecule has 0 aromatic heterocycles. The van der Waals surface area contributed by atoms with Gasteiger partial charge in [0.15, 0.2) is 0 Å². The van der Waals surface area contributed by atoms with Gasteiger partial charge in [0, 0.05) is 11.8 Å². The third-order valence-electron chi connectivity index (χ3n) is 3.61. The Balaban J connectivity index is 1.75. The van der Waals surface area contributed by atoms with Gasteiger partial charge in [-0.2, -0.15) is 4.39 Å². The van der Waals surface area contributed by atoms with Gasteiger partial charge in [-0.15, -0.1) is 0 Å². The highest BCUT2D eigenvalue weighted by molar-refractivity contribution is 5.93. The number of carbonyl (C=O) groups excluding carboxylic acids is 1. The Morgan fingerprint density at radius 2 is 1.79 bits per heavy atom. The quantitative estimate of drug-likeness (QED) is 0.581. The highest BCUT2D eigenvalue weighted by Gasteiger charge is 2.15. The second kappa shape index (κ2) is 6.45. The van der Waals surface area contributed by atoms with Crippen LogP contribution in [0.1, 0.15) is 5.56 Å². The van der Waals surface area contributed by atoms with E-state index in [1.54, 1.807) is 0 Å². The van der Waals surface area contributed by atoms with Crippen molar-refractivity contribution >= 4 is 28.1 Å². The van der Waals surface area contributed by atoms with Crippen LogP contribution >= 0.6 is 0 Å². The number of nitrogens with one attached hydrogen (secondary N) is 1. The number of benzene rings is 3. The lowest BCUT2D eigenvalue weighted by molar-refractivity contribution is -0.387. The summed E-state index contributed by atoms with van der Waals surface area (Å²) in [4.78, 5) is 22.0. The van der Waals surface area contributed by atoms with Crippen LogP contribution in [0.5, 0.6) is 0 Å². The van der Waals surface area contributed by atoms with Gasteiger partial charge in [0.1, 0.15) is 0 Å². The molecule has 3 rings (SSSR count). The topological polar surface area (TPSA) is 72.2 Å². The maximum atomic E-state index is 13.3. The molecule has 0 atom stereocenters. The van der Waals surface area contributed by atoms with Crippen molar-refractivity contribution in [2.24, 2.45) is 0 Å². The molecule has 6 heteroatoms. The Morgan fingerprint density at radius 1 is 1.04 bits per heavy atom. The highest BCUT2D eigenvalue weighted by atomic mass is 19.1. The molecule has 0 aliphatic heterocycles. The first kappa shape index (κ1) is 15.6. The summed E-state index contributed by atoms with van der Waals surface area (Å²) in [6.45, 7) is 0. The van der Waals surface area contributed by atoms with E-state index < -0.39 is 16.4 Å². The van der Waals surface area contributed by atoms with Crippen molar-refractivity contribution in [1.82, 2.24) is 0 Å². The standard InChI is InChI=1S/C18H13FN2O3/c19-16-8-7-15(11-17(16)21(23)24)20-18(22)10-12-5-6-13-3-1-2-4-14(13)9-12/h1-9,11H,10H2,(H,20,22). The first-order chi connectivity index (χ1) is 11.5. The Labute approximate surface area is 136 Å². The Morgan fingerprint density at radius 3 is 2.54 bits per heavy atom. The SMILES string of the molecule is O=C(Cc1ccc2ccccc2c1)Nc1ccc(F)c([N+](=O)[O-])c1. The fourth-order valence-electron chi connectivity index (χ4n) is 2.47. The Hall–Kier alpha value is -3.28. The molecule has 0 bridgehead atoms. The van der Waals surface area contributed by atoms with Crippen LogP contribution in [-0.2, 0) is 11.2 Å². The van der Waals surface area contributed by atoms with Gasteiger partial charge in [-0.1, -0.05) is 42.5 Å². The summed E-state index contributed by atoms with van der Waals surface area (Å²) in [5.41, 5.74) is 0.343. The molecule has 120 valence electrons. The summed E-state index contributed by atoms with van der Waals surface area (Å²) in [5.74, 6) is -1.27. The van der Waals surface area contributed by atoms with Crippen molar-refractivity contribution < 1.29 is 14.1 Å². The van der Waals surface area contributed by atoms with E-state index in [2.05, 4.69) is 5.32 Å². The minimum atomic E-state index is -0.937. The number of hydrogen-bond donors (Lipinski definition) is 1. The lowest BCUT2D eigenvalue weighted by Gasteiger charge is -2.07. The fraction of sp³-hybridized carbons (Fsp3) is 0.0556. The molecule has 0 spiro atoms. The first-order valence-corrected chi connectivity index (χ1v) is 7.24. The molecule has 1 N–H and O–H groups in total. The van der Waals surface area contributed by atoms with Gasteiger partial charge >= 0.3 is 5.69 Å². The molecule has 5 nitrogen and oxygen atoms in total. The lowest BCUT2D eigenvalue weighted by Crippen LogP contribution is -2.14. The third kappa shape index (κ3) is 3.38. The maximum absolute atomic E-state index is 13.3. The normalized spacial score (nSPS) is 10.5. The van der Waals surface area contributed by atoms with E-state index in [0.717, 1.165) is 28.5 Å². The number of nitro benzene ring substituents is 1. The van der Waals surface area contributed by atoms with E-state index in [1.165, 1.54) is 6.07 Å². The van der Waals surface area contributed by atoms with Crippen molar-refractivity contribution in [3.8, 4) is 0 Å². The molecule has 3 aromatic rings. The number of nitro groups is 1. The average molecular weight is 324 g/mol. The van der Waals surface area contributed by atoms with Crippen LogP contribution in [0.2, 0.25) is 0 Å². The van der Waals surface area contributed by atoms with Crippen LogP contribution in [0.25, 0.3) is 10.8 Å². The van der Waals surface area contributed by atoms with E-state index in [-0.39, 0.29) is 18.0 Å². The second-order valence-electron chi connectivity index (χ2n) is 5.33. The summed E-state index contributed by atoms with van der Waals surface area (Å²) in [6, 6.07) is 16.8. The minimum absolute atomic E-state index is 0.121. The Kier molecular flexibility index (Phi) is 4.20. The van der Waals surface area contributed by atoms with Gasteiger partial charge in [0.2, 0.25) is 11.7 Å². The summed E-state index contributed by atoms with van der Waals surface area (Å²) in [5, 5.41) is 15.4. The average Bonchev–Trinajstić information content (AvgIpc) is 2.56. The van der Waals surface area contributed by atoms with Gasteiger partial charge in [-0.25, -0.2) is 0 Å². The van der Waals surface area contributed by atoms with E-state index in [1.807, 2.05) is 42.5 Å². The number of fused-ring (bicyclic) bond motifs is 1.